The molecule has 0 radical (unpaired) electrons. The Morgan fingerprint density at radius 2 is 2.05 bits per heavy atom. The summed E-state index contributed by atoms with van der Waals surface area (Å²) in [5.41, 5.74) is 7.38. The molecule has 0 aliphatic carbocycles. The summed E-state index contributed by atoms with van der Waals surface area (Å²) < 4.78 is 7.18. The molecule has 3 atom stereocenters. The third-order valence-electron chi connectivity index (χ3n) is 3.38. The van der Waals surface area contributed by atoms with E-state index >= 15 is 0 Å². The summed E-state index contributed by atoms with van der Waals surface area (Å²) in [4.78, 5) is 0. The van der Waals surface area contributed by atoms with Gasteiger partial charge in [-0.25, -0.2) is 0 Å². The number of rotatable bonds is 8. The van der Waals surface area contributed by atoms with Gasteiger partial charge in [-0.1, -0.05) is 55.3 Å². The lowest BCUT2D eigenvalue weighted by Crippen LogP contribution is -2.30. The topological polar surface area (TPSA) is 35.2 Å². The Kier molecular flexibility index (Phi) is 7.66. The van der Waals surface area contributed by atoms with Crippen molar-refractivity contribution in [2.45, 2.75) is 52.2 Å². The Balaban J connectivity index is 2.72. The lowest BCUT2D eigenvalue weighted by atomic mass is 10.0. The van der Waals surface area contributed by atoms with Gasteiger partial charge in [-0.15, -0.1) is 0 Å². The van der Waals surface area contributed by atoms with Crippen LogP contribution in [0.1, 0.15) is 51.7 Å². The number of ether oxygens (including phenoxy) is 1. The number of hydrogen-bond acceptors (Lipinski definition) is 2. The lowest BCUT2D eigenvalue weighted by molar-refractivity contribution is 0.0131. The zero-order chi connectivity index (χ0) is 14.3. The second-order valence-corrected chi connectivity index (χ2v) is 6.19. The highest BCUT2D eigenvalue weighted by atomic mass is 79.9. The summed E-state index contributed by atoms with van der Waals surface area (Å²) in [7, 11) is 0. The summed E-state index contributed by atoms with van der Waals surface area (Å²) in [6, 6.07) is 8.30. The SMILES string of the molecule is CCCC(C)COC(c1cccc(Br)c1)C(N)CC. The molecule has 0 aliphatic rings. The van der Waals surface area contributed by atoms with Crippen LogP contribution < -0.4 is 5.73 Å². The van der Waals surface area contributed by atoms with Crippen LogP contribution in [0.5, 0.6) is 0 Å². The van der Waals surface area contributed by atoms with Gasteiger partial charge in [0.2, 0.25) is 0 Å². The lowest BCUT2D eigenvalue weighted by Gasteiger charge is -2.25. The van der Waals surface area contributed by atoms with Gasteiger partial charge in [0.25, 0.3) is 0 Å². The number of nitrogens with two attached hydrogens (primary N) is 1. The highest BCUT2D eigenvalue weighted by Crippen LogP contribution is 2.26. The Labute approximate surface area is 125 Å². The van der Waals surface area contributed by atoms with Crippen LogP contribution in [0, 0.1) is 5.92 Å². The number of halogens is 1. The average Bonchev–Trinajstić information content (AvgIpc) is 2.39. The van der Waals surface area contributed by atoms with Gasteiger partial charge >= 0.3 is 0 Å². The number of hydrogen-bond donors (Lipinski definition) is 1. The summed E-state index contributed by atoms with van der Waals surface area (Å²) >= 11 is 3.51. The van der Waals surface area contributed by atoms with Gasteiger partial charge in [0.1, 0.15) is 0 Å². The highest BCUT2D eigenvalue weighted by Gasteiger charge is 2.20. The van der Waals surface area contributed by atoms with Gasteiger partial charge in [-0.3, -0.25) is 0 Å². The predicted octanol–water partition coefficient (Wildman–Crippen LogP) is 4.68. The Morgan fingerprint density at radius 3 is 2.63 bits per heavy atom. The van der Waals surface area contributed by atoms with E-state index in [4.69, 9.17) is 10.5 Å². The molecule has 1 rings (SSSR count). The van der Waals surface area contributed by atoms with E-state index in [-0.39, 0.29) is 12.1 Å². The smallest absolute Gasteiger partial charge is 0.0976 e. The molecule has 0 aromatic heterocycles. The fourth-order valence-electron chi connectivity index (χ4n) is 2.21. The minimum absolute atomic E-state index is 0.0122. The molecule has 0 fully saturated rings. The van der Waals surface area contributed by atoms with Gasteiger partial charge in [0.05, 0.1) is 12.7 Å². The molecular weight excluding hydrogens is 302 g/mol. The van der Waals surface area contributed by atoms with Crippen LogP contribution in [0.4, 0.5) is 0 Å². The van der Waals surface area contributed by atoms with Crippen LogP contribution in [0.15, 0.2) is 28.7 Å². The molecule has 0 bridgehead atoms. The normalized spacial score (nSPS) is 16.1. The van der Waals surface area contributed by atoms with Crippen molar-refractivity contribution in [3.05, 3.63) is 34.3 Å². The Morgan fingerprint density at radius 1 is 1.32 bits per heavy atom. The first-order valence-electron chi connectivity index (χ1n) is 7.21. The fourth-order valence-corrected chi connectivity index (χ4v) is 2.63. The Bertz CT molecular complexity index is 370. The second-order valence-electron chi connectivity index (χ2n) is 5.27. The molecule has 0 saturated carbocycles. The van der Waals surface area contributed by atoms with Crippen LogP contribution in [-0.4, -0.2) is 12.6 Å². The van der Waals surface area contributed by atoms with Gasteiger partial charge in [0, 0.05) is 10.5 Å². The van der Waals surface area contributed by atoms with Gasteiger partial charge in [-0.05, 0) is 36.5 Å². The quantitative estimate of drug-likeness (QED) is 0.752. The third kappa shape index (κ3) is 5.64. The molecule has 0 amide bonds. The summed E-state index contributed by atoms with van der Waals surface area (Å²) in [5, 5.41) is 0. The summed E-state index contributed by atoms with van der Waals surface area (Å²) in [5.74, 6) is 0.587. The maximum atomic E-state index is 6.22. The monoisotopic (exact) mass is 327 g/mol. The molecular formula is C16H26BrNO. The van der Waals surface area contributed by atoms with Crippen LogP contribution in [0.2, 0.25) is 0 Å². The summed E-state index contributed by atoms with van der Waals surface area (Å²) in [6.07, 6.45) is 3.31. The molecule has 108 valence electrons. The summed E-state index contributed by atoms with van der Waals surface area (Å²) in [6.45, 7) is 7.33. The van der Waals surface area contributed by atoms with Crippen molar-refractivity contribution in [2.24, 2.45) is 11.7 Å². The van der Waals surface area contributed by atoms with Crippen LogP contribution in [0.25, 0.3) is 0 Å². The number of benzene rings is 1. The van der Waals surface area contributed by atoms with E-state index in [2.05, 4.69) is 48.8 Å². The van der Waals surface area contributed by atoms with E-state index in [0.717, 1.165) is 23.1 Å². The van der Waals surface area contributed by atoms with E-state index in [1.54, 1.807) is 0 Å². The molecule has 1 aromatic carbocycles. The standard InChI is InChI=1S/C16H26BrNO/c1-4-7-12(3)11-19-16(15(18)5-2)13-8-6-9-14(17)10-13/h6,8-10,12,15-16H,4-5,7,11,18H2,1-3H3. The molecule has 0 heterocycles. The van der Waals surface area contributed by atoms with Crippen molar-refractivity contribution in [2.75, 3.05) is 6.61 Å². The molecule has 1 aromatic rings. The van der Waals surface area contributed by atoms with Crippen LogP contribution in [-0.2, 0) is 4.74 Å². The predicted molar refractivity (Wildman–Crippen MR) is 85.2 cm³/mol. The zero-order valence-corrected chi connectivity index (χ0v) is 13.8. The molecule has 3 unspecified atom stereocenters. The molecule has 0 spiro atoms. The molecule has 2 nitrogen and oxygen atoms in total. The first-order chi connectivity index (χ1) is 9.08. The minimum atomic E-state index is -0.0122. The van der Waals surface area contributed by atoms with E-state index < -0.39 is 0 Å². The molecule has 0 aliphatic heterocycles. The first kappa shape index (κ1) is 16.7. The second kappa shape index (κ2) is 8.72. The molecule has 0 saturated heterocycles. The van der Waals surface area contributed by atoms with Crippen molar-refractivity contribution < 1.29 is 4.74 Å². The van der Waals surface area contributed by atoms with Gasteiger partial charge in [-0.2, -0.15) is 0 Å². The third-order valence-corrected chi connectivity index (χ3v) is 3.87. The molecule has 3 heteroatoms. The van der Waals surface area contributed by atoms with E-state index in [1.807, 2.05) is 12.1 Å². The van der Waals surface area contributed by atoms with Gasteiger partial charge in [0.15, 0.2) is 0 Å². The van der Waals surface area contributed by atoms with Crippen LogP contribution >= 0.6 is 15.9 Å². The van der Waals surface area contributed by atoms with Crippen molar-refractivity contribution in [1.29, 1.82) is 0 Å². The molecule has 2 N–H and O–H groups in total. The van der Waals surface area contributed by atoms with Crippen molar-refractivity contribution >= 4 is 15.9 Å². The minimum Gasteiger partial charge on any atom is -0.372 e. The highest BCUT2D eigenvalue weighted by molar-refractivity contribution is 9.10. The van der Waals surface area contributed by atoms with Crippen molar-refractivity contribution in [1.82, 2.24) is 0 Å². The van der Waals surface area contributed by atoms with Crippen molar-refractivity contribution in [3.63, 3.8) is 0 Å². The Hall–Kier alpha value is -0.380. The van der Waals surface area contributed by atoms with Crippen LogP contribution in [0.3, 0.4) is 0 Å². The largest absolute Gasteiger partial charge is 0.372 e. The van der Waals surface area contributed by atoms with E-state index in [1.165, 1.54) is 12.8 Å². The fraction of sp³-hybridized carbons (Fsp3) is 0.625. The molecule has 19 heavy (non-hydrogen) atoms. The maximum absolute atomic E-state index is 6.22. The first-order valence-corrected chi connectivity index (χ1v) is 8.00. The zero-order valence-electron chi connectivity index (χ0n) is 12.2. The van der Waals surface area contributed by atoms with Crippen molar-refractivity contribution in [3.8, 4) is 0 Å². The average molecular weight is 328 g/mol. The van der Waals surface area contributed by atoms with E-state index in [9.17, 15) is 0 Å². The maximum Gasteiger partial charge on any atom is 0.0976 e. The van der Waals surface area contributed by atoms with Gasteiger partial charge < -0.3 is 10.5 Å². The van der Waals surface area contributed by atoms with E-state index in [0.29, 0.717) is 5.92 Å².